The second-order valence-electron chi connectivity index (χ2n) is 3.46. The zero-order valence-electron chi connectivity index (χ0n) is 9.58. The van der Waals surface area contributed by atoms with Gasteiger partial charge in [-0.1, -0.05) is 6.58 Å². The van der Waals surface area contributed by atoms with Crippen molar-refractivity contribution in [1.82, 2.24) is 0 Å². The average molecular weight is 331 g/mol. The summed E-state index contributed by atoms with van der Waals surface area (Å²) in [7, 11) is 3.36. The van der Waals surface area contributed by atoms with E-state index in [1.807, 2.05) is 18.2 Å². The Morgan fingerprint density at radius 3 is 2.56 bits per heavy atom. The van der Waals surface area contributed by atoms with Crippen LogP contribution in [-0.2, 0) is 4.79 Å². The van der Waals surface area contributed by atoms with Crippen LogP contribution in [0.1, 0.15) is 6.92 Å². The summed E-state index contributed by atoms with van der Waals surface area (Å²) < 4.78 is 6.08. The maximum Gasteiger partial charge on any atom is 0.253 e. The normalized spacial score (nSPS) is 9.75. The van der Waals surface area contributed by atoms with Gasteiger partial charge < -0.3 is 9.64 Å². The van der Waals surface area contributed by atoms with Crippen LogP contribution in [0.15, 0.2) is 30.4 Å². The van der Waals surface area contributed by atoms with Crippen molar-refractivity contribution in [2.24, 2.45) is 0 Å². The Hall–Kier alpha value is -1.04. The SMILES string of the molecule is C=C(C)C(=O)N(C)c1ccc(OC)cc1I. The van der Waals surface area contributed by atoms with Crippen LogP contribution in [0.4, 0.5) is 5.69 Å². The fourth-order valence-electron chi connectivity index (χ4n) is 1.28. The monoisotopic (exact) mass is 331 g/mol. The van der Waals surface area contributed by atoms with Crippen molar-refractivity contribution in [2.75, 3.05) is 19.1 Å². The third kappa shape index (κ3) is 2.75. The highest BCUT2D eigenvalue weighted by atomic mass is 127. The first-order valence-corrected chi connectivity index (χ1v) is 5.82. The first-order chi connectivity index (χ1) is 7.47. The van der Waals surface area contributed by atoms with Crippen LogP contribution in [0.3, 0.4) is 0 Å². The average Bonchev–Trinajstić information content (AvgIpc) is 2.26. The summed E-state index contributed by atoms with van der Waals surface area (Å²) in [5.41, 5.74) is 1.38. The molecule has 0 N–H and O–H groups in total. The number of benzene rings is 1. The maximum atomic E-state index is 11.7. The van der Waals surface area contributed by atoms with Crippen LogP contribution in [-0.4, -0.2) is 20.1 Å². The van der Waals surface area contributed by atoms with Gasteiger partial charge in [-0.05, 0) is 47.7 Å². The standard InChI is InChI=1S/C12H14INO2/c1-8(2)12(15)14(3)11-6-5-9(16-4)7-10(11)13/h5-7H,1H2,2-4H3. The summed E-state index contributed by atoms with van der Waals surface area (Å²) in [4.78, 5) is 13.3. The van der Waals surface area contributed by atoms with Crippen LogP contribution in [0.2, 0.25) is 0 Å². The van der Waals surface area contributed by atoms with Crippen LogP contribution < -0.4 is 9.64 Å². The molecule has 0 aliphatic rings. The Bertz CT molecular complexity index is 429. The summed E-state index contributed by atoms with van der Waals surface area (Å²) in [5, 5.41) is 0. The Labute approximate surface area is 109 Å². The fourth-order valence-corrected chi connectivity index (χ4v) is 2.13. The predicted octanol–water partition coefficient (Wildman–Crippen LogP) is 2.84. The van der Waals surface area contributed by atoms with Gasteiger partial charge in [-0.3, -0.25) is 4.79 Å². The largest absolute Gasteiger partial charge is 0.497 e. The van der Waals surface area contributed by atoms with Gasteiger partial charge in [0.2, 0.25) is 0 Å². The smallest absolute Gasteiger partial charge is 0.253 e. The third-order valence-electron chi connectivity index (χ3n) is 2.19. The van der Waals surface area contributed by atoms with E-state index in [-0.39, 0.29) is 5.91 Å². The fraction of sp³-hybridized carbons (Fsp3) is 0.250. The highest BCUT2D eigenvalue weighted by Gasteiger charge is 2.14. The van der Waals surface area contributed by atoms with Crippen molar-refractivity contribution in [1.29, 1.82) is 0 Å². The second-order valence-corrected chi connectivity index (χ2v) is 4.62. The first kappa shape index (κ1) is 13.0. The van der Waals surface area contributed by atoms with E-state index in [0.717, 1.165) is 15.0 Å². The van der Waals surface area contributed by atoms with E-state index in [0.29, 0.717) is 5.57 Å². The van der Waals surface area contributed by atoms with Gasteiger partial charge in [0.15, 0.2) is 0 Å². The number of likely N-dealkylation sites (N-methyl/N-ethyl adjacent to an activating group) is 1. The molecule has 4 heteroatoms. The highest BCUT2D eigenvalue weighted by Crippen LogP contribution is 2.26. The van der Waals surface area contributed by atoms with E-state index in [2.05, 4.69) is 29.2 Å². The quantitative estimate of drug-likeness (QED) is 0.630. The first-order valence-electron chi connectivity index (χ1n) is 4.74. The Balaban J connectivity index is 3.05. The number of carbonyl (C=O) groups is 1. The molecule has 0 unspecified atom stereocenters. The molecule has 0 aliphatic heterocycles. The van der Waals surface area contributed by atoms with Crippen molar-refractivity contribution >= 4 is 34.2 Å². The number of halogens is 1. The molecule has 0 heterocycles. The van der Waals surface area contributed by atoms with Crippen molar-refractivity contribution in [3.05, 3.63) is 33.9 Å². The van der Waals surface area contributed by atoms with Gasteiger partial charge >= 0.3 is 0 Å². The third-order valence-corrected chi connectivity index (χ3v) is 3.05. The van der Waals surface area contributed by atoms with E-state index < -0.39 is 0 Å². The predicted molar refractivity (Wildman–Crippen MR) is 73.9 cm³/mol. The zero-order valence-corrected chi connectivity index (χ0v) is 11.7. The number of nitrogens with zero attached hydrogens (tertiary/aromatic N) is 1. The molecule has 0 aliphatic carbocycles. The molecule has 0 atom stereocenters. The van der Waals surface area contributed by atoms with E-state index in [4.69, 9.17) is 4.74 Å². The van der Waals surface area contributed by atoms with Gasteiger partial charge in [-0.25, -0.2) is 0 Å². The lowest BCUT2D eigenvalue weighted by Gasteiger charge is -2.19. The zero-order chi connectivity index (χ0) is 12.3. The second kappa shape index (κ2) is 5.34. The van der Waals surface area contributed by atoms with E-state index >= 15 is 0 Å². The molecule has 0 bridgehead atoms. The Morgan fingerprint density at radius 2 is 2.12 bits per heavy atom. The highest BCUT2D eigenvalue weighted by molar-refractivity contribution is 14.1. The molecule has 0 fully saturated rings. The maximum absolute atomic E-state index is 11.7. The van der Waals surface area contributed by atoms with E-state index in [1.54, 1.807) is 26.0 Å². The van der Waals surface area contributed by atoms with Gasteiger partial charge in [-0.2, -0.15) is 0 Å². The van der Waals surface area contributed by atoms with Crippen molar-refractivity contribution in [3.8, 4) is 5.75 Å². The summed E-state index contributed by atoms with van der Waals surface area (Å²) >= 11 is 2.18. The molecule has 1 aromatic carbocycles. The molecule has 0 saturated heterocycles. The minimum absolute atomic E-state index is 0.0805. The van der Waals surface area contributed by atoms with Gasteiger partial charge in [0.05, 0.1) is 12.8 Å². The van der Waals surface area contributed by atoms with Gasteiger partial charge in [0.1, 0.15) is 5.75 Å². The number of ether oxygens (including phenoxy) is 1. The lowest BCUT2D eigenvalue weighted by atomic mass is 10.2. The molecule has 0 aromatic heterocycles. The number of rotatable bonds is 3. The summed E-state index contributed by atoms with van der Waals surface area (Å²) in [6, 6.07) is 5.58. The number of methoxy groups -OCH3 is 1. The van der Waals surface area contributed by atoms with Crippen molar-refractivity contribution < 1.29 is 9.53 Å². The molecule has 86 valence electrons. The molecule has 1 rings (SSSR count). The number of carbonyl (C=O) groups excluding carboxylic acids is 1. The van der Waals surface area contributed by atoms with E-state index in [1.165, 1.54) is 0 Å². The van der Waals surface area contributed by atoms with Crippen LogP contribution in [0.5, 0.6) is 5.75 Å². The van der Waals surface area contributed by atoms with Crippen LogP contribution in [0.25, 0.3) is 0 Å². The van der Waals surface area contributed by atoms with Crippen molar-refractivity contribution in [2.45, 2.75) is 6.92 Å². The molecule has 16 heavy (non-hydrogen) atoms. The molecule has 0 saturated carbocycles. The Morgan fingerprint density at radius 1 is 1.50 bits per heavy atom. The summed E-state index contributed by atoms with van der Waals surface area (Å²) in [6.07, 6.45) is 0. The molecule has 1 amide bonds. The molecular weight excluding hydrogens is 317 g/mol. The summed E-state index contributed by atoms with van der Waals surface area (Å²) in [5.74, 6) is 0.701. The van der Waals surface area contributed by atoms with Crippen LogP contribution >= 0.6 is 22.6 Å². The molecule has 0 spiro atoms. The number of amides is 1. The molecule has 3 nitrogen and oxygen atoms in total. The molecule has 0 radical (unpaired) electrons. The number of hydrogen-bond donors (Lipinski definition) is 0. The lowest BCUT2D eigenvalue weighted by Crippen LogP contribution is -2.27. The topological polar surface area (TPSA) is 29.5 Å². The molecular formula is C12H14INO2. The van der Waals surface area contributed by atoms with Gasteiger partial charge in [0.25, 0.3) is 5.91 Å². The minimum Gasteiger partial charge on any atom is -0.497 e. The molecule has 1 aromatic rings. The van der Waals surface area contributed by atoms with Gasteiger partial charge in [-0.15, -0.1) is 0 Å². The lowest BCUT2D eigenvalue weighted by molar-refractivity contribution is -0.114. The van der Waals surface area contributed by atoms with E-state index in [9.17, 15) is 4.79 Å². The number of hydrogen-bond acceptors (Lipinski definition) is 2. The van der Waals surface area contributed by atoms with Crippen molar-refractivity contribution in [3.63, 3.8) is 0 Å². The van der Waals surface area contributed by atoms with Crippen LogP contribution in [0, 0.1) is 3.57 Å². The minimum atomic E-state index is -0.0805. The number of anilines is 1. The Kier molecular flexibility index (Phi) is 4.35. The summed E-state index contributed by atoms with van der Waals surface area (Å²) in [6.45, 7) is 5.35. The van der Waals surface area contributed by atoms with Gasteiger partial charge in [0, 0.05) is 16.2 Å².